The molecule has 0 amide bonds. The van der Waals surface area contributed by atoms with E-state index in [1.54, 1.807) is 6.20 Å². The minimum absolute atomic E-state index is 0.658. The van der Waals surface area contributed by atoms with Gasteiger partial charge in [-0.3, -0.25) is 0 Å². The molecule has 1 aliphatic rings. The van der Waals surface area contributed by atoms with Crippen molar-refractivity contribution in [3.63, 3.8) is 0 Å². The standard InChI is InChI=1S/C15H16BrN3O2/c1-9-11(17)8-18-15(14(9)16)19-10-3-4-12-13(7-10)21-6-2-5-20-12/h3-4,7-8H,2,5-6,17H2,1H3,(H,18,19). The van der Waals surface area contributed by atoms with Gasteiger partial charge in [-0.15, -0.1) is 0 Å². The number of ether oxygens (including phenoxy) is 2. The fourth-order valence-electron chi connectivity index (χ4n) is 2.06. The number of benzene rings is 1. The van der Waals surface area contributed by atoms with Gasteiger partial charge in [-0.1, -0.05) is 0 Å². The molecule has 5 nitrogen and oxygen atoms in total. The third-order valence-corrected chi connectivity index (χ3v) is 4.28. The first kappa shape index (κ1) is 14.0. The average molecular weight is 350 g/mol. The summed E-state index contributed by atoms with van der Waals surface area (Å²) in [4.78, 5) is 4.31. The summed E-state index contributed by atoms with van der Waals surface area (Å²) in [5, 5.41) is 3.26. The van der Waals surface area contributed by atoms with Crippen LogP contribution in [-0.4, -0.2) is 18.2 Å². The normalized spacial score (nSPS) is 13.6. The van der Waals surface area contributed by atoms with Crippen molar-refractivity contribution in [3.05, 3.63) is 34.4 Å². The molecule has 0 bridgehead atoms. The zero-order valence-electron chi connectivity index (χ0n) is 11.6. The average Bonchev–Trinajstić information content (AvgIpc) is 2.73. The van der Waals surface area contributed by atoms with Gasteiger partial charge in [-0.2, -0.15) is 0 Å². The van der Waals surface area contributed by atoms with Crippen molar-refractivity contribution < 1.29 is 9.47 Å². The SMILES string of the molecule is Cc1c(N)cnc(Nc2ccc3c(c2)OCCCO3)c1Br. The van der Waals surface area contributed by atoms with Crippen LogP contribution in [0.1, 0.15) is 12.0 Å². The van der Waals surface area contributed by atoms with Crippen molar-refractivity contribution in [2.45, 2.75) is 13.3 Å². The molecule has 3 N–H and O–H groups in total. The summed E-state index contributed by atoms with van der Waals surface area (Å²) in [6.07, 6.45) is 2.53. The summed E-state index contributed by atoms with van der Waals surface area (Å²) in [5.74, 6) is 2.25. The number of rotatable bonds is 2. The molecule has 0 aliphatic carbocycles. The molecular weight excluding hydrogens is 334 g/mol. The lowest BCUT2D eigenvalue weighted by Crippen LogP contribution is -2.00. The Morgan fingerprint density at radius 1 is 1.24 bits per heavy atom. The molecule has 3 rings (SSSR count). The Hall–Kier alpha value is -1.95. The molecule has 21 heavy (non-hydrogen) atoms. The number of nitrogens with two attached hydrogens (primary N) is 1. The van der Waals surface area contributed by atoms with Crippen LogP contribution in [0, 0.1) is 6.92 Å². The van der Waals surface area contributed by atoms with Crippen LogP contribution >= 0.6 is 15.9 Å². The number of anilines is 3. The van der Waals surface area contributed by atoms with E-state index in [-0.39, 0.29) is 0 Å². The molecule has 1 aromatic heterocycles. The minimum atomic E-state index is 0.658. The fourth-order valence-corrected chi connectivity index (χ4v) is 2.49. The number of hydrogen-bond acceptors (Lipinski definition) is 5. The summed E-state index contributed by atoms with van der Waals surface area (Å²) in [7, 11) is 0. The van der Waals surface area contributed by atoms with Gasteiger partial charge in [0.05, 0.1) is 29.6 Å². The Labute approximate surface area is 131 Å². The summed E-state index contributed by atoms with van der Waals surface area (Å²) >= 11 is 3.51. The lowest BCUT2D eigenvalue weighted by atomic mass is 10.2. The van der Waals surface area contributed by atoms with Gasteiger partial charge >= 0.3 is 0 Å². The van der Waals surface area contributed by atoms with Gasteiger partial charge in [0.2, 0.25) is 0 Å². The third-order valence-electron chi connectivity index (χ3n) is 3.31. The Morgan fingerprint density at radius 2 is 2.00 bits per heavy atom. The maximum absolute atomic E-state index is 5.83. The molecule has 0 unspecified atom stereocenters. The number of nitrogen functional groups attached to an aromatic ring is 1. The maximum Gasteiger partial charge on any atom is 0.163 e. The molecule has 0 atom stereocenters. The van der Waals surface area contributed by atoms with Gasteiger partial charge in [0.25, 0.3) is 0 Å². The second kappa shape index (κ2) is 5.81. The van der Waals surface area contributed by atoms with E-state index in [0.717, 1.165) is 39.5 Å². The van der Waals surface area contributed by atoms with E-state index in [4.69, 9.17) is 15.2 Å². The molecule has 2 heterocycles. The molecule has 2 aromatic rings. The van der Waals surface area contributed by atoms with E-state index in [2.05, 4.69) is 26.2 Å². The van der Waals surface area contributed by atoms with Crippen LogP contribution in [0.15, 0.2) is 28.9 Å². The Balaban J connectivity index is 1.89. The highest BCUT2D eigenvalue weighted by molar-refractivity contribution is 9.10. The van der Waals surface area contributed by atoms with Crippen molar-refractivity contribution in [1.82, 2.24) is 4.98 Å². The quantitative estimate of drug-likeness (QED) is 0.866. The van der Waals surface area contributed by atoms with Crippen LogP contribution in [0.25, 0.3) is 0 Å². The van der Waals surface area contributed by atoms with Gasteiger partial charge < -0.3 is 20.5 Å². The largest absolute Gasteiger partial charge is 0.490 e. The first-order chi connectivity index (χ1) is 10.1. The zero-order valence-corrected chi connectivity index (χ0v) is 13.2. The number of aromatic nitrogens is 1. The van der Waals surface area contributed by atoms with Crippen molar-refractivity contribution >= 4 is 33.1 Å². The molecule has 0 spiro atoms. The summed E-state index contributed by atoms with van der Waals surface area (Å²) in [6, 6.07) is 5.76. The molecule has 110 valence electrons. The van der Waals surface area contributed by atoms with Crippen LogP contribution < -0.4 is 20.5 Å². The molecule has 6 heteroatoms. The summed E-state index contributed by atoms with van der Waals surface area (Å²) in [5.41, 5.74) is 8.34. The fraction of sp³-hybridized carbons (Fsp3) is 0.267. The molecule has 0 saturated carbocycles. The highest BCUT2D eigenvalue weighted by atomic mass is 79.9. The van der Waals surface area contributed by atoms with E-state index in [1.807, 2.05) is 25.1 Å². The zero-order chi connectivity index (χ0) is 14.8. The Morgan fingerprint density at radius 3 is 2.81 bits per heavy atom. The molecule has 0 radical (unpaired) electrons. The Bertz CT molecular complexity index is 676. The van der Waals surface area contributed by atoms with Gasteiger partial charge in [0.1, 0.15) is 5.82 Å². The Kier molecular flexibility index (Phi) is 3.88. The molecular formula is C15H16BrN3O2. The van der Waals surface area contributed by atoms with Gasteiger partial charge in [-0.05, 0) is 40.5 Å². The lowest BCUT2D eigenvalue weighted by molar-refractivity contribution is 0.297. The van der Waals surface area contributed by atoms with E-state index in [9.17, 15) is 0 Å². The highest BCUT2D eigenvalue weighted by Gasteiger charge is 2.12. The molecule has 0 saturated heterocycles. The number of fused-ring (bicyclic) bond motifs is 1. The number of halogens is 1. The van der Waals surface area contributed by atoms with Gasteiger partial charge in [-0.25, -0.2) is 4.98 Å². The highest BCUT2D eigenvalue weighted by Crippen LogP contribution is 2.35. The van der Waals surface area contributed by atoms with Crippen molar-refractivity contribution in [3.8, 4) is 11.5 Å². The van der Waals surface area contributed by atoms with E-state index < -0.39 is 0 Å². The smallest absolute Gasteiger partial charge is 0.163 e. The first-order valence-electron chi connectivity index (χ1n) is 6.72. The number of hydrogen-bond donors (Lipinski definition) is 2. The predicted octanol–water partition coefficient (Wildman–Crippen LogP) is 3.64. The van der Waals surface area contributed by atoms with Crippen molar-refractivity contribution in [2.24, 2.45) is 0 Å². The summed E-state index contributed by atoms with van der Waals surface area (Å²) < 4.78 is 12.2. The lowest BCUT2D eigenvalue weighted by Gasteiger charge is -2.13. The molecule has 1 aliphatic heterocycles. The molecule has 0 fully saturated rings. The predicted molar refractivity (Wildman–Crippen MR) is 86.4 cm³/mol. The van der Waals surface area contributed by atoms with Gasteiger partial charge in [0.15, 0.2) is 11.5 Å². The van der Waals surface area contributed by atoms with Crippen LogP contribution in [-0.2, 0) is 0 Å². The monoisotopic (exact) mass is 349 g/mol. The van der Waals surface area contributed by atoms with E-state index in [0.29, 0.717) is 18.9 Å². The van der Waals surface area contributed by atoms with Crippen LogP contribution in [0.3, 0.4) is 0 Å². The van der Waals surface area contributed by atoms with Crippen LogP contribution in [0.2, 0.25) is 0 Å². The number of nitrogens with one attached hydrogen (secondary N) is 1. The second-order valence-corrected chi connectivity index (χ2v) is 5.63. The van der Waals surface area contributed by atoms with Crippen LogP contribution in [0.5, 0.6) is 11.5 Å². The van der Waals surface area contributed by atoms with Crippen LogP contribution in [0.4, 0.5) is 17.2 Å². The second-order valence-electron chi connectivity index (χ2n) is 4.84. The van der Waals surface area contributed by atoms with Crippen molar-refractivity contribution in [1.29, 1.82) is 0 Å². The van der Waals surface area contributed by atoms with E-state index >= 15 is 0 Å². The minimum Gasteiger partial charge on any atom is -0.490 e. The van der Waals surface area contributed by atoms with E-state index in [1.165, 1.54) is 0 Å². The third kappa shape index (κ3) is 2.90. The first-order valence-corrected chi connectivity index (χ1v) is 7.51. The summed E-state index contributed by atoms with van der Waals surface area (Å²) in [6.45, 7) is 3.30. The number of pyridine rings is 1. The number of nitrogens with zero attached hydrogens (tertiary/aromatic N) is 1. The topological polar surface area (TPSA) is 69.4 Å². The maximum atomic E-state index is 5.83. The van der Waals surface area contributed by atoms with Gasteiger partial charge in [0, 0.05) is 18.2 Å². The molecule has 1 aromatic carbocycles. The van der Waals surface area contributed by atoms with Crippen molar-refractivity contribution in [2.75, 3.05) is 24.3 Å².